The first-order valence-corrected chi connectivity index (χ1v) is 2.54. The zero-order chi connectivity index (χ0) is 10.6. The van der Waals surface area contributed by atoms with Crippen LogP contribution in [-0.2, 0) is 9.59 Å². The lowest BCUT2D eigenvalue weighted by Gasteiger charge is -2.01. The Morgan fingerprint density at radius 3 is 2.60 bits per heavy atom. The largest absolute Gasteiger partial charge is 0.481 e. The number of carboxylic acid groups (broad SMARTS) is 2. The monoisotopic (exact) mass is 150 g/mol. The molecule has 0 aromatic carbocycles. The molecule has 4 N–H and O–H groups in total. The Balaban J connectivity index is 4.43. The summed E-state index contributed by atoms with van der Waals surface area (Å²) in [6.07, 6.45) is -1.17. The Labute approximate surface area is 61.8 Å². The minimum Gasteiger partial charge on any atom is -0.481 e. The number of hydrogen-bond donors (Lipinski definition) is 3. The van der Waals surface area contributed by atoms with Gasteiger partial charge in [-0.1, -0.05) is 0 Å². The summed E-state index contributed by atoms with van der Waals surface area (Å²) in [5.74, 6) is -2.97. The second kappa shape index (κ2) is 3.84. The second-order valence-electron chi connectivity index (χ2n) is 1.65. The molecular formula is C5H9NO4. The summed E-state index contributed by atoms with van der Waals surface area (Å²) >= 11 is 0. The van der Waals surface area contributed by atoms with Crippen molar-refractivity contribution in [1.29, 1.82) is 0 Å². The van der Waals surface area contributed by atoms with Gasteiger partial charge in [0.25, 0.3) is 0 Å². The Morgan fingerprint density at radius 1 is 1.70 bits per heavy atom. The van der Waals surface area contributed by atoms with E-state index in [1.54, 1.807) is 0 Å². The lowest BCUT2D eigenvalue weighted by atomic mass is 10.2. The zero-order valence-corrected chi connectivity index (χ0v) is 5.07. The molecule has 0 bridgehead atoms. The molecule has 0 aliphatic rings. The van der Waals surface area contributed by atoms with E-state index in [0.29, 0.717) is 0 Å². The van der Waals surface area contributed by atoms with Gasteiger partial charge in [-0.2, -0.15) is 0 Å². The summed E-state index contributed by atoms with van der Waals surface area (Å²) in [5, 5.41) is 16.7. The molecule has 0 spiro atoms. The molecule has 10 heavy (non-hydrogen) atoms. The van der Waals surface area contributed by atoms with Gasteiger partial charge in [0.1, 0.15) is 8.84 Å². The van der Waals surface area contributed by atoms with E-state index in [1.807, 2.05) is 0 Å². The molecule has 0 unspecified atom stereocenters. The van der Waals surface area contributed by atoms with Crippen molar-refractivity contribution in [2.75, 3.05) is 0 Å². The number of rotatable bonds is 5. The molecule has 5 heteroatoms. The van der Waals surface area contributed by atoms with Crippen LogP contribution in [0.4, 0.5) is 0 Å². The van der Waals surface area contributed by atoms with Gasteiger partial charge in [-0.05, 0) is 6.42 Å². The van der Waals surface area contributed by atoms with E-state index in [1.165, 1.54) is 0 Å². The minimum atomic E-state index is -2.52. The van der Waals surface area contributed by atoms with E-state index >= 15 is 0 Å². The summed E-state index contributed by atoms with van der Waals surface area (Å²) in [7, 11) is 0. The fraction of sp³-hybridized carbons (Fsp3) is 0.600. The Hall–Kier alpha value is -1.10. The van der Waals surface area contributed by atoms with Crippen molar-refractivity contribution in [2.45, 2.75) is 18.9 Å². The van der Waals surface area contributed by atoms with Gasteiger partial charge in [-0.25, -0.2) is 0 Å². The van der Waals surface area contributed by atoms with Crippen LogP contribution in [-0.4, -0.2) is 28.2 Å². The van der Waals surface area contributed by atoms with Crippen LogP contribution < -0.4 is 5.72 Å². The number of aliphatic carboxylic acids is 2. The van der Waals surface area contributed by atoms with Crippen molar-refractivity contribution >= 4 is 11.9 Å². The van der Waals surface area contributed by atoms with Gasteiger partial charge in [0, 0.05) is 6.42 Å². The molecule has 0 saturated carbocycles. The van der Waals surface area contributed by atoms with Crippen molar-refractivity contribution in [3.8, 4) is 0 Å². The molecule has 0 aromatic rings. The van der Waals surface area contributed by atoms with Crippen LogP contribution in [0.2, 0.25) is 2.82 Å². The highest BCUT2D eigenvalue weighted by molar-refractivity contribution is 5.74. The highest BCUT2D eigenvalue weighted by atomic mass is 16.4. The van der Waals surface area contributed by atoms with Crippen LogP contribution in [0.15, 0.2) is 0 Å². The van der Waals surface area contributed by atoms with Gasteiger partial charge in [-0.15, -0.1) is 0 Å². The molecule has 0 saturated heterocycles. The molecular weight excluding hydrogens is 138 g/mol. The number of nitrogens with two attached hydrogens (primary N) is 1. The van der Waals surface area contributed by atoms with Crippen LogP contribution >= 0.6 is 0 Å². The van der Waals surface area contributed by atoms with Crippen LogP contribution in [0, 0.1) is 0 Å². The number of carboxylic acids is 2. The number of hydrogen-bond acceptors (Lipinski definition) is 3. The topological polar surface area (TPSA) is 101 Å². The van der Waals surface area contributed by atoms with E-state index in [-0.39, 0.29) is 5.72 Å². The quantitative estimate of drug-likeness (QED) is 0.479. The van der Waals surface area contributed by atoms with E-state index in [4.69, 9.17) is 14.4 Å². The van der Waals surface area contributed by atoms with E-state index in [2.05, 4.69) is 0 Å². The first-order chi connectivity index (χ1) is 5.80. The molecule has 0 rings (SSSR count). The lowest BCUT2D eigenvalue weighted by Crippen LogP contribution is -2.30. The van der Waals surface area contributed by atoms with Crippen molar-refractivity contribution in [3.05, 3.63) is 0 Å². The highest BCUT2D eigenvalue weighted by Gasteiger charge is 2.12. The molecule has 5 nitrogen and oxygen atoms in total. The Bertz CT molecular complexity index is 222. The molecule has 0 aromatic heterocycles. The predicted octanol–water partition coefficient (Wildman–Crippen LogP) is -0.737. The first-order valence-electron chi connectivity index (χ1n) is 3.93. The lowest BCUT2D eigenvalue weighted by molar-refractivity contribution is -0.139. The second-order valence-corrected chi connectivity index (χ2v) is 1.65. The van der Waals surface area contributed by atoms with Crippen LogP contribution in [0.5, 0.6) is 0 Å². The third-order valence-electron chi connectivity index (χ3n) is 0.823. The average Bonchev–Trinajstić information content (AvgIpc) is 1.99. The van der Waals surface area contributed by atoms with Crippen molar-refractivity contribution < 1.29 is 24.0 Å². The fourth-order valence-electron chi connectivity index (χ4n) is 0.332. The minimum absolute atomic E-state index is 0.321. The van der Waals surface area contributed by atoms with Gasteiger partial charge in [-0.3, -0.25) is 9.59 Å². The Kier molecular flexibility index (Phi) is 1.79. The molecule has 0 heterocycles. The van der Waals surface area contributed by atoms with Crippen molar-refractivity contribution in [3.63, 3.8) is 0 Å². The predicted molar refractivity (Wildman–Crippen MR) is 32.5 cm³/mol. The zero-order valence-electron chi connectivity index (χ0n) is 8.07. The van der Waals surface area contributed by atoms with Crippen LogP contribution in [0.25, 0.3) is 0 Å². The average molecular weight is 150 g/mol. The number of carbonyl (C=O) groups is 2. The molecule has 0 aliphatic carbocycles. The molecule has 0 fully saturated rings. The van der Waals surface area contributed by atoms with Gasteiger partial charge < -0.3 is 15.9 Å². The highest BCUT2D eigenvalue weighted by Crippen LogP contribution is 1.93. The maximum Gasteiger partial charge on any atom is 0.320 e. The van der Waals surface area contributed by atoms with E-state index in [0.717, 1.165) is 0 Å². The summed E-state index contributed by atoms with van der Waals surface area (Å²) < 4.78 is 20.4. The maximum atomic E-state index is 10.4. The molecule has 58 valence electrons. The van der Waals surface area contributed by atoms with Crippen molar-refractivity contribution in [2.24, 2.45) is 5.72 Å². The van der Waals surface area contributed by atoms with Gasteiger partial charge in [0.2, 0.25) is 0 Å². The van der Waals surface area contributed by atoms with Gasteiger partial charge >= 0.3 is 11.9 Å². The summed E-state index contributed by atoms with van der Waals surface area (Å²) in [5.41, 5.74) is -0.321. The smallest absolute Gasteiger partial charge is 0.320 e. The molecule has 0 aliphatic heterocycles. The third kappa shape index (κ3) is 3.85. The normalized spacial score (nSPS) is 20.3. The molecule has 0 amide bonds. The summed E-state index contributed by atoms with van der Waals surface area (Å²) in [6.45, 7) is 0. The maximum absolute atomic E-state index is 10.4. The van der Waals surface area contributed by atoms with Gasteiger partial charge in [0.05, 0.1) is 1.37 Å². The molecule has 1 atom stereocenters. The fourth-order valence-corrected chi connectivity index (χ4v) is 0.332. The van der Waals surface area contributed by atoms with Crippen LogP contribution in [0.3, 0.4) is 0 Å². The third-order valence-corrected chi connectivity index (χ3v) is 0.823. The SMILES string of the molecule is [2H]N([2H])[C@@]([2H])(CCC(=O)O)C(=O)O. The van der Waals surface area contributed by atoms with Gasteiger partial charge in [0.15, 0.2) is 0 Å². The Morgan fingerprint density at radius 2 is 2.30 bits per heavy atom. The van der Waals surface area contributed by atoms with Crippen molar-refractivity contribution in [1.82, 2.24) is 0 Å². The summed E-state index contributed by atoms with van der Waals surface area (Å²) in [4.78, 5) is 20.5. The van der Waals surface area contributed by atoms with E-state index < -0.39 is 30.8 Å². The summed E-state index contributed by atoms with van der Waals surface area (Å²) in [6, 6.07) is -2.52. The standard InChI is InChI=1S/C5H9NO4/c6-3(5(9)10)1-2-4(7)8/h3H,1-2,6H2,(H,7,8)(H,9,10)/t3-/m0/s1/i3D/hD2. The van der Waals surface area contributed by atoms with Crippen LogP contribution in [0.1, 0.15) is 14.2 Å². The molecule has 0 radical (unpaired) electrons. The first kappa shape index (κ1) is 4.68. The van der Waals surface area contributed by atoms with E-state index in [9.17, 15) is 9.59 Å².